The minimum atomic E-state index is -0.115. The van der Waals surface area contributed by atoms with Gasteiger partial charge in [-0.3, -0.25) is 9.69 Å². The van der Waals surface area contributed by atoms with Gasteiger partial charge in [0.2, 0.25) is 0 Å². The van der Waals surface area contributed by atoms with E-state index in [0.29, 0.717) is 6.61 Å². The van der Waals surface area contributed by atoms with Crippen LogP contribution in [0.15, 0.2) is 30.3 Å². The zero-order valence-corrected chi connectivity index (χ0v) is 10.7. The van der Waals surface area contributed by atoms with E-state index in [4.69, 9.17) is 9.47 Å². The Morgan fingerprint density at radius 2 is 2.17 bits per heavy atom. The van der Waals surface area contributed by atoms with Crippen LogP contribution >= 0.6 is 0 Å². The van der Waals surface area contributed by atoms with Crippen LogP contribution in [-0.2, 0) is 20.9 Å². The summed E-state index contributed by atoms with van der Waals surface area (Å²) in [6.07, 6.45) is 0.957. The molecule has 0 saturated carbocycles. The maximum absolute atomic E-state index is 11.7. The Kier molecular flexibility index (Phi) is 4.73. The van der Waals surface area contributed by atoms with Gasteiger partial charge in [0.05, 0.1) is 0 Å². The first-order chi connectivity index (χ1) is 8.81. The summed E-state index contributed by atoms with van der Waals surface area (Å²) in [6.45, 7) is 2.82. The molecule has 1 aromatic rings. The molecule has 0 aromatic heterocycles. The molecule has 0 radical (unpaired) electrons. The lowest BCUT2D eigenvalue weighted by molar-refractivity contribution is -0.145. The summed E-state index contributed by atoms with van der Waals surface area (Å²) in [5.74, 6) is -0.115. The molecule has 2 rings (SSSR count). The van der Waals surface area contributed by atoms with Crippen LogP contribution in [0.1, 0.15) is 12.0 Å². The normalized spacial score (nSPS) is 21.6. The SMILES string of the molecule is COCCCN1C[C@@H]1C(=O)OCc1ccccc1. The molecule has 0 amide bonds. The highest BCUT2D eigenvalue weighted by molar-refractivity contribution is 5.79. The first kappa shape index (κ1) is 13.1. The minimum absolute atomic E-state index is 0.0365. The molecule has 1 saturated heterocycles. The van der Waals surface area contributed by atoms with Crippen molar-refractivity contribution in [2.45, 2.75) is 19.1 Å². The van der Waals surface area contributed by atoms with Crippen molar-refractivity contribution in [3.05, 3.63) is 35.9 Å². The van der Waals surface area contributed by atoms with Gasteiger partial charge in [-0.25, -0.2) is 0 Å². The van der Waals surface area contributed by atoms with Crippen LogP contribution < -0.4 is 0 Å². The molecule has 0 aliphatic carbocycles. The number of ether oxygens (including phenoxy) is 2. The van der Waals surface area contributed by atoms with Gasteiger partial charge in [0.1, 0.15) is 12.6 Å². The van der Waals surface area contributed by atoms with E-state index < -0.39 is 0 Å². The standard InChI is InChI=1S/C14H19NO3/c1-17-9-5-8-15-10-13(15)14(16)18-11-12-6-3-2-4-7-12/h2-4,6-7,13H,5,8-11H2,1H3/t13-,15?/m1/s1. The van der Waals surface area contributed by atoms with Gasteiger partial charge in [-0.1, -0.05) is 30.3 Å². The summed E-state index contributed by atoms with van der Waals surface area (Å²) in [5, 5.41) is 0. The fourth-order valence-corrected chi connectivity index (χ4v) is 1.88. The minimum Gasteiger partial charge on any atom is -0.460 e. The van der Waals surface area contributed by atoms with E-state index in [9.17, 15) is 4.79 Å². The lowest BCUT2D eigenvalue weighted by atomic mass is 10.2. The van der Waals surface area contributed by atoms with Gasteiger partial charge in [-0.05, 0) is 12.0 Å². The van der Waals surface area contributed by atoms with E-state index in [0.717, 1.165) is 31.7 Å². The third-order valence-corrected chi connectivity index (χ3v) is 3.00. The van der Waals surface area contributed by atoms with Crippen LogP contribution in [0.25, 0.3) is 0 Å². The second kappa shape index (κ2) is 6.52. The number of carbonyl (C=O) groups is 1. The number of nitrogens with zero attached hydrogens (tertiary/aromatic N) is 1. The van der Waals surface area contributed by atoms with Gasteiger partial charge in [0.15, 0.2) is 0 Å². The number of benzene rings is 1. The summed E-state index contributed by atoms with van der Waals surface area (Å²) < 4.78 is 10.3. The Balaban J connectivity index is 1.65. The quantitative estimate of drug-likeness (QED) is 0.416. The van der Waals surface area contributed by atoms with Crippen LogP contribution in [0, 0.1) is 0 Å². The molecule has 4 nitrogen and oxygen atoms in total. The van der Waals surface area contributed by atoms with Crippen molar-refractivity contribution in [3.63, 3.8) is 0 Å². The van der Waals surface area contributed by atoms with Crippen LogP contribution in [0.4, 0.5) is 0 Å². The number of esters is 1. The van der Waals surface area contributed by atoms with Crippen LogP contribution in [0.5, 0.6) is 0 Å². The van der Waals surface area contributed by atoms with Gasteiger partial charge in [-0.15, -0.1) is 0 Å². The zero-order valence-electron chi connectivity index (χ0n) is 10.7. The number of hydrogen-bond acceptors (Lipinski definition) is 4. The Labute approximate surface area is 107 Å². The highest BCUT2D eigenvalue weighted by Crippen LogP contribution is 2.19. The fourth-order valence-electron chi connectivity index (χ4n) is 1.88. The molecule has 2 atom stereocenters. The summed E-state index contributed by atoms with van der Waals surface area (Å²) in [7, 11) is 1.69. The van der Waals surface area contributed by atoms with Gasteiger partial charge >= 0.3 is 5.97 Å². The molecule has 18 heavy (non-hydrogen) atoms. The second-order valence-corrected chi connectivity index (χ2v) is 4.45. The van der Waals surface area contributed by atoms with Crippen molar-refractivity contribution in [1.82, 2.24) is 4.90 Å². The molecule has 1 heterocycles. The molecule has 1 unspecified atom stereocenters. The lowest BCUT2D eigenvalue weighted by Crippen LogP contribution is -2.17. The molecular formula is C14H19NO3. The summed E-state index contributed by atoms with van der Waals surface area (Å²) in [6, 6.07) is 9.71. The summed E-state index contributed by atoms with van der Waals surface area (Å²) >= 11 is 0. The van der Waals surface area contributed by atoms with Crippen LogP contribution in [0.2, 0.25) is 0 Å². The molecule has 0 N–H and O–H groups in total. The maximum Gasteiger partial charge on any atom is 0.325 e. The Morgan fingerprint density at radius 1 is 1.39 bits per heavy atom. The molecular weight excluding hydrogens is 230 g/mol. The fraction of sp³-hybridized carbons (Fsp3) is 0.500. The van der Waals surface area contributed by atoms with Crippen LogP contribution in [0.3, 0.4) is 0 Å². The van der Waals surface area contributed by atoms with E-state index in [1.165, 1.54) is 0 Å². The smallest absolute Gasteiger partial charge is 0.325 e. The second-order valence-electron chi connectivity index (χ2n) is 4.45. The molecule has 4 heteroatoms. The third-order valence-electron chi connectivity index (χ3n) is 3.00. The highest BCUT2D eigenvalue weighted by atomic mass is 16.5. The molecule has 0 spiro atoms. The van der Waals surface area contributed by atoms with Crippen molar-refractivity contribution in [2.24, 2.45) is 0 Å². The Bertz CT molecular complexity index is 380. The van der Waals surface area contributed by atoms with Crippen LogP contribution in [-0.4, -0.2) is 43.7 Å². The van der Waals surface area contributed by atoms with Gasteiger partial charge in [0.25, 0.3) is 0 Å². The average Bonchev–Trinajstić information content (AvgIpc) is 3.17. The predicted molar refractivity (Wildman–Crippen MR) is 68.1 cm³/mol. The van der Waals surface area contributed by atoms with Crippen molar-refractivity contribution in [1.29, 1.82) is 0 Å². The largest absolute Gasteiger partial charge is 0.460 e. The number of carbonyl (C=O) groups excluding carboxylic acids is 1. The Hall–Kier alpha value is -1.39. The maximum atomic E-state index is 11.7. The zero-order chi connectivity index (χ0) is 12.8. The first-order valence-electron chi connectivity index (χ1n) is 6.25. The van der Waals surface area contributed by atoms with Crippen molar-refractivity contribution < 1.29 is 14.3 Å². The van der Waals surface area contributed by atoms with E-state index in [1.54, 1.807) is 7.11 Å². The average molecular weight is 249 g/mol. The number of rotatable bonds is 7. The number of methoxy groups -OCH3 is 1. The van der Waals surface area contributed by atoms with Gasteiger partial charge in [0, 0.05) is 26.8 Å². The van der Waals surface area contributed by atoms with E-state index >= 15 is 0 Å². The lowest BCUT2D eigenvalue weighted by Gasteiger charge is -2.05. The van der Waals surface area contributed by atoms with Crippen molar-refractivity contribution in [2.75, 3.05) is 26.8 Å². The van der Waals surface area contributed by atoms with Crippen molar-refractivity contribution in [3.8, 4) is 0 Å². The first-order valence-corrected chi connectivity index (χ1v) is 6.25. The summed E-state index contributed by atoms with van der Waals surface area (Å²) in [4.78, 5) is 13.8. The monoisotopic (exact) mass is 249 g/mol. The van der Waals surface area contributed by atoms with Crippen molar-refractivity contribution >= 4 is 5.97 Å². The molecule has 1 aromatic carbocycles. The number of hydrogen-bond donors (Lipinski definition) is 0. The molecule has 1 aliphatic rings. The van der Waals surface area contributed by atoms with E-state index in [1.807, 2.05) is 30.3 Å². The molecule has 0 bridgehead atoms. The Morgan fingerprint density at radius 3 is 2.89 bits per heavy atom. The van der Waals surface area contributed by atoms with Gasteiger partial charge in [-0.2, -0.15) is 0 Å². The topological polar surface area (TPSA) is 38.5 Å². The summed E-state index contributed by atoms with van der Waals surface area (Å²) in [5.41, 5.74) is 1.03. The molecule has 1 fully saturated rings. The molecule has 98 valence electrons. The van der Waals surface area contributed by atoms with E-state index in [2.05, 4.69) is 4.90 Å². The van der Waals surface area contributed by atoms with E-state index in [-0.39, 0.29) is 12.0 Å². The third kappa shape index (κ3) is 3.82. The molecule has 1 aliphatic heterocycles. The predicted octanol–water partition coefficient (Wildman–Crippen LogP) is 1.45. The van der Waals surface area contributed by atoms with Gasteiger partial charge < -0.3 is 9.47 Å². The highest BCUT2D eigenvalue weighted by Gasteiger charge is 2.40.